The Kier molecular flexibility index (Phi) is 7.05. The molecule has 108 valence electrons. The maximum atomic E-state index is 5.86. The Morgan fingerprint density at radius 2 is 2.00 bits per heavy atom. The highest BCUT2D eigenvalue weighted by Gasteiger charge is 2.06. The molecule has 19 heavy (non-hydrogen) atoms. The quantitative estimate of drug-likeness (QED) is 0.586. The number of methoxy groups -OCH3 is 1. The van der Waals surface area contributed by atoms with Crippen LogP contribution in [0.25, 0.3) is 0 Å². The van der Waals surface area contributed by atoms with Crippen LogP contribution in [0.4, 0.5) is 5.82 Å². The lowest BCUT2D eigenvalue weighted by Crippen LogP contribution is -2.25. The number of rotatable bonds is 8. The lowest BCUT2D eigenvalue weighted by atomic mass is 10.2. The summed E-state index contributed by atoms with van der Waals surface area (Å²) in [5.41, 5.74) is 1.97. The van der Waals surface area contributed by atoms with Crippen molar-refractivity contribution in [2.24, 2.45) is 0 Å². The van der Waals surface area contributed by atoms with Gasteiger partial charge in [0.1, 0.15) is 5.82 Å². The number of aromatic nitrogens is 2. The fraction of sp³-hybridized carbons (Fsp3) is 0.692. The van der Waals surface area contributed by atoms with Gasteiger partial charge < -0.3 is 15.0 Å². The first kappa shape index (κ1) is 16.1. The van der Waals surface area contributed by atoms with Crippen molar-refractivity contribution in [2.75, 3.05) is 45.7 Å². The van der Waals surface area contributed by atoms with Crippen LogP contribution >= 0.6 is 11.6 Å². The second-order valence-electron chi connectivity index (χ2n) is 4.63. The van der Waals surface area contributed by atoms with E-state index in [0.717, 1.165) is 49.7 Å². The summed E-state index contributed by atoms with van der Waals surface area (Å²) < 4.78 is 5.04. The SMILES string of the molecule is COCCN(C)CCCNc1nc(Cl)nc(C)c1C. The summed E-state index contributed by atoms with van der Waals surface area (Å²) in [6, 6.07) is 0. The standard InChI is InChI=1S/C13H23ClN4O/c1-10-11(2)16-13(14)17-12(10)15-6-5-7-18(3)8-9-19-4/h5-9H2,1-4H3,(H,15,16,17). The van der Waals surface area contributed by atoms with E-state index >= 15 is 0 Å². The first-order valence-electron chi connectivity index (χ1n) is 6.46. The van der Waals surface area contributed by atoms with Crippen molar-refractivity contribution in [3.8, 4) is 0 Å². The van der Waals surface area contributed by atoms with Crippen molar-refractivity contribution < 1.29 is 4.74 Å². The van der Waals surface area contributed by atoms with Gasteiger partial charge in [-0.3, -0.25) is 0 Å². The Morgan fingerprint density at radius 3 is 2.68 bits per heavy atom. The molecule has 0 unspecified atom stereocenters. The number of halogens is 1. The molecule has 1 N–H and O–H groups in total. The third kappa shape index (κ3) is 5.72. The van der Waals surface area contributed by atoms with Gasteiger partial charge >= 0.3 is 0 Å². The van der Waals surface area contributed by atoms with Crippen LogP contribution < -0.4 is 5.32 Å². The predicted octanol–water partition coefficient (Wildman–Crippen LogP) is 2.13. The molecule has 0 radical (unpaired) electrons. The maximum absolute atomic E-state index is 5.86. The van der Waals surface area contributed by atoms with Gasteiger partial charge in [-0.05, 0) is 45.5 Å². The summed E-state index contributed by atoms with van der Waals surface area (Å²) in [5.74, 6) is 0.831. The van der Waals surface area contributed by atoms with E-state index in [4.69, 9.17) is 16.3 Å². The Morgan fingerprint density at radius 1 is 1.26 bits per heavy atom. The second kappa shape index (κ2) is 8.30. The summed E-state index contributed by atoms with van der Waals surface area (Å²) in [6.45, 7) is 7.54. The minimum Gasteiger partial charge on any atom is -0.383 e. The molecule has 5 nitrogen and oxygen atoms in total. The minimum absolute atomic E-state index is 0.294. The summed E-state index contributed by atoms with van der Waals surface area (Å²) in [6.07, 6.45) is 1.04. The van der Waals surface area contributed by atoms with Gasteiger partial charge in [-0.2, -0.15) is 0 Å². The summed E-state index contributed by atoms with van der Waals surface area (Å²) in [7, 11) is 3.81. The average Bonchev–Trinajstić information content (AvgIpc) is 2.37. The van der Waals surface area contributed by atoms with Gasteiger partial charge in [0.25, 0.3) is 0 Å². The number of ether oxygens (including phenoxy) is 1. The van der Waals surface area contributed by atoms with E-state index in [2.05, 4.69) is 27.2 Å². The van der Waals surface area contributed by atoms with E-state index in [1.54, 1.807) is 7.11 Å². The smallest absolute Gasteiger partial charge is 0.224 e. The van der Waals surface area contributed by atoms with Gasteiger partial charge in [0.15, 0.2) is 0 Å². The van der Waals surface area contributed by atoms with Crippen LogP contribution in [-0.4, -0.2) is 55.3 Å². The van der Waals surface area contributed by atoms with Crippen molar-refractivity contribution >= 4 is 17.4 Å². The topological polar surface area (TPSA) is 50.3 Å². The Labute approximate surface area is 120 Å². The van der Waals surface area contributed by atoms with Gasteiger partial charge in [-0.1, -0.05) is 0 Å². The maximum Gasteiger partial charge on any atom is 0.224 e. The molecular formula is C13H23ClN4O. The molecule has 1 aromatic heterocycles. The van der Waals surface area contributed by atoms with E-state index in [-0.39, 0.29) is 0 Å². The molecule has 0 spiro atoms. The third-order valence-electron chi connectivity index (χ3n) is 3.05. The van der Waals surface area contributed by atoms with Gasteiger partial charge in [0.2, 0.25) is 5.28 Å². The molecule has 0 aliphatic rings. The number of nitrogens with one attached hydrogen (secondary N) is 1. The molecule has 1 aromatic rings. The first-order valence-corrected chi connectivity index (χ1v) is 6.84. The van der Waals surface area contributed by atoms with Crippen molar-refractivity contribution in [1.29, 1.82) is 0 Å². The van der Waals surface area contributed by atoms with Crippen LogP contribution in [0, 0.1) is 13.8 Å². The molecule has 0 amide bonds. The van der Waals surface area contributed by atoms with E-state index in [1.807, 2.05) is 13.8 Å². The van der Waals surface area contributed by atoms with Crippen LogP contribution in [0.5, 0.6) is 0 Å². The molecule has 1 heterocycles. The van der Waals surface area contributed by atoms with Crippen LogP contribution in [0.1, 0.15) is 17.7 Å². The van der Waals surface area contributed by atoms with Crippen molar-refractivity contribution in [3.05, 3.63) is 16.5 Å². The number of aryl methyl sites for hydroxylation is 1. The molecule has 0 saturated carbocycles. The minimum atomic E-state index is 0.294. The number of anilines is 1. The Hall–Kier alpha value is -0.910. The van der Waals surface area contributed by atoms with E-state index in [0.29, 0.717) is 5.28 Å². The zero-order valence-corrected chi connectivity index (χ0v) is 12.9. The molecule has 0 aliphatic carbocycles. The highest BCUT2D eigenvalue weighted by atomic mass is 35.5. The molecular weight excluding hydrogens is 264 g/mol. The first-order chi connectivity index (χ1) is 9.04. The zero-order valence-electron chi connectivity index (χ0n) is 12.2. The van der Waals surface area contributed by atoms with Crippen LogP contribution in [-0.2, 0) is 4.74 Å². The lowest BCUT2D eigenvalue weighted by molar-refractivity contribution is 0.161. The third-order valence-corrected chi connectivity index (χ3v) is 3.22. The average molecular weight is 287 g/mol. The molecule has 0 aliphatic heterocycles. The van der Waals surface area contributed by atoms with Gasteiger partial charge in [-0.25, -0.2) is 9.97 Å². The summed E-state index contributed by atoms with van der Waals surface area (Å²) in [5, 5.41) is 3.61. The molecule has 1 rings (SSSR count). The predicted molar refractivity (Wildman–Crippen MR) is 79.0 cm³/mol. The Balaban J connectivity index is 2.33. The fourth-order valence-corrected chi connectivity index (χ4v) is 1.89. The van der Waals surface area contributed by atoms with Crippen molar-refractivity contribution in [2.45, 2.75) is 20.3 Å². The van der Waals surface area contributed by atoms with Gasteiger partial charge in [-0.15, -0.1) is 0 Å². The molecule has 6 heteroatoms. The number of hydrogen-bond donors (Lipinski definition) is 1. The van der Waals surface area contributed by atoms with Gasteiger partial charge in [0.05, 0.1) is 6.61 Å². The van der Waals surface area contributed by atoms with Crippen molar-refractivity contribution in [1.82, 2.24) is 14.9 Å². The zero-order chi connectivity index (χ0) is 14.3. The monoisotopic (exact) mass is 286 g/mol. The van der Waals surface area contributed by atoms with E-state index < -0.39 is 0 Å². The number of likely N-dealkylation sites (N-methyl/N-ethyl adjacent to an activating group) is 1. The molecule has 0 bridgehead atoms. The van der Waals surface area contributed by atoms with E-state index in [9.17, 15) is 0 Å². The van der Waals surface area contributed by atoms with Crippen LogP contribution in [0.15, 0.2) is 0 Å². The highest BCUT2D eigenvalue weighted by molar-refractivity contribution is 6.28. The van der Waals surface area contributed by atoms with Crippen molar-refractivity contribution in [3.63, 3.8) is 0 Å². The summed E-state index contributed by atoms with van der Waals surface area (Å²) >= 11 is 5.86. The van der Waals surface area contributed by atoms with E-state index in [1.165, 1.54) is 0 Å². The van der Waals surface area contributed by atoms with Crippen LogP contribution in [0.3, 0.4) is 0 Å². The largest absolute Gasteiger partial charge is 0.383 e. The number of hydrogen-bond acceptors (Lipinski definition) is 5. The molecule has 0 saturated heterocycles. The summed E-state index contributed by atoms with van der Waals surface area (Å²) in [4.78, 5) is 10.6. The normalized spacial score (nSPS) is 11.1. The molecule has 0 aromatic carbocycles. The molecule has 0 atom stereocenters. The Bertz CT molecular complexity index is 400. The second-order valence-corrected chi connectivity index (χ2v) is 4.97. The fourth-order valence-electron chi connectivity index (χ4n) is 1.68. The lowest BCUT2D eigenvalue weighted by Gasteiger charge is -2.16. The van der Waals surface area contributed by atoms with Gasteiger partial charge in [0, 0.05) is 31.5 Å². The highest BCUT2D eigenvalue weighted by Crippen LogP contribution is 2.16. The molecule has 0 fully saturated rings. The number of nitrogens with zero attached hydrogens (tertiary/aromatic N) is 3. The van der Waals surface area contributed by atoms with Crippen LogP contribution in [0.2, 0.25) is 5.28 Å².